The third-order valence-electron chi connectivity index (χ3n) is 3.48. The summed E-state index contributed by atoms with van der Waals surface area (Å²) in [5.41, 5.74) is 3.35. The molecule has 6 heteroatoms. The van der Waals surface area contributed by atoms with Crippen LogP contribution < -0.4 is 16.0 Å². The van der Waals surface area contributed by atoms with Gasteiger partial charge in [-0.2, -0.15) is 0 Å². The lowest BCUT2D eigenvalue weighted by molar-refractivity contribution is -0.120. The van der Waals surface area contributed by atoms with E-state index in [1.807, 2.05) is 43.3 Å². The van der Waals surface area contributed by atoms with E-state index in [2.05, 4.69) is 16.0 Å². The Hall–Kier alpha value is -2.86. The first kappa shape index (κ1) is 18.5. The minimum atomic E-state index is -0.310. The molecule has 0 saturated carbocycles. The van der Waals surface area contributed by atoms with Crippen molar-refractivity contribution in [1.82, 2.24) is 5.32 Å². The highest BCUT2D eigenvalue weighted by molar-refractivity contribution is 5.99. The van der Waals surface area contributed by atoms with Gasteiger partial charge in [0, 0.05) is 25.0 Å². The number of urea groups is 1. The Morgan fingerprint density at radius 2 is 1.72 bits per heavy atom. The van der Waals surface area contributed by atoms with Crippen molar-refractivity contribution in [2.24, 2.45) is 0 Å². The van der Waals surface area contributed by atoms with Crippen LogP contribution in [0, 0.1) is 6.92 Å². The van der Waals surface area contributed by atoms with Crippen molar-refractivity contribution in [1.29, 1.82) is 0 Å². The van der Waals surface area contributed by atoms with Gasteiger partial charge in [-0.05, 0) is 42.3 Å². The van der Waals surface area contributed by atoms with E-state index < -0.39 is 0 Å². The van der Waals surface area contributed by atoms with Gasteiger partial charge in [-0.1, -0.05) is 24.3 Å². The number of aryl methyl sites for hydroxylation is 1. The Balaban J connectivity index is 1.83. The number of rotatable bonds is 7. The zero-order valence-corrected chi connectivity index (χ0v) is 14.5. The minimum absolute atomic E-state index is 0.0602. The summed E-state index contributed by atoms with van der Waals surface area (Å²) in [6.07, 6.45) is 0.291. The summed E-state index contributed by atoms with van der Waals surface area (Å²) in [6, 6.07) is 14.4. The molecule has 0 spiro atoms. The number of hydrogen-bond acceptors (Lipinski definition) is 3. The lowest BCUT2D eigenvalue weighted by Gasteiger charge is -2.09. The number of nitrogens with one attached hydrogen (secondary N) is 3. The summed E-state index contributed by atoms with van der Waals surface area (Å²) >= 11 is 0. The van der Waals surface area contributed by atoms with Crippen molar-refractivity contribution in [3.63, 3.8) is 0 Å². The number of benzene rings is 2. The maximum Gasteiger partial charge on any atom is 0.323 e. The van der Waals surface area contributed by atoms with Crippen molar-refractivity contribution in [3.05, 3.63) is 59.7 Å². The molecular formula is C19H23N3O3. The number of anilines is 2. The molecule has 0 fully saturated rings. The molecule has 0 unspecified atom stereocenters. The van der Waals surface area contributed by atoms with Crippen LogP contribution in [0.4, 0.5) is 16.2 Å². The fraction of sp³-hybridized carbons (Fsp3) is 0.263. The summed E-state index contributed by atoms with van der Waals surface area (Å²) in [5, 5.41) is 8.31. The van der Waals surface area contributed by atoms with Crippen LogP contribution >= 0.6 is 0 Å². The van der Waals surface area contributed by atoms with E-state index in [9.17, 15) is 9.59 Å². The normalized spacial score (nSPS) is 10.2. The monoisotopic (exact) mass is 341 g/mol. The van der Waals surface area contributed by atoms with Crippen molar-refractivity contribution < 1.29 is 14.3 Å². The van der Waals surface area contributed by atoms with Crippen LogP contribution in [0.25, 0.3) is 0 Å². The predicted octanol–water partition coefficient (Wildman–Crippen LogP) is 2.94. The molecule has 2 aromatic rings. The molecule has 3 N–H and O–H groups in total. The van der Waals surface area contributed by atoms with Crippen LogP contribution in [-0.4, -0.2) is 32.2 Å². The van der Waals surface area contributed by atoms with Crippen molar-refractivity contribution in [2.75, 3.05) is 30.9 Å². The highest BCUT2D eigenvalue weighted by atomic mass is 16.5. The quantitative estimate of drug-likeness (QED) is 0.678. The first-order valence-corrected chi connectivity index (χ1v) is 8.06. The molecule has 0 bridgehead atoms. The Labute approximate surface area is 147 Å². The van der Waals surface area contributed by atoms with E-state index >= 15 is 0 Å². The van der Waals surface area contributed by atoms with E-state index in [1.165, 1.54) is 0 Å². The van der Waals surface area contributed by atoms with Crippen LogP contribution in [0.3, 0.4) is 0 Å². The number of carbonyl (C=O) groups is 2. The van der Waals surface area contributed by atoms with Gasteiger partial charge in [-0.3, -0.25) is 4.79 Å². The molecule has 6 nitrogen and oxygen atoms in total. The Bertz CT molecular complexity index is 714. The molecular weight excluding hydrogens is 318 g/mol. The largest absolute Gasteiger partial charge is 0.383 e. The van der Waals surface area contributed by atoms with Gasteiger partial charge in [0.15, 0.2) is 0 Å². The molecule has 0 saturated heterocycles. The van der Waals surface area contributed by atoms with Crippen LogP contribution in [0.5, 0.6) is 0 Å². The van der Waals surface area contributed by atoms with Crippen LogP contribution in [0.1, 0.15) is 11.1 Å². The van der Waals surface area contributed by atoms with Crippen LogP contribution in [0.15, 0.2) is 48.5 Å². The SMILES string of the molecule is COCCNC(=O)Cc1ccc(NC(=O)Nc2cccc(C)c2)cc1. The molecule has 3 amide bonds. The molecule has 0 aliphatic heterocycles. The van der Waals surface area contributed by atoms with Gasteiger partial charge in [0.25, 0.3) is 0 Å². The fourth-order valence-electron chi connectivity index (χ4n) is 2.26. The maximum absolute atomic E-state index is 12.0. The molecule has 2 aromatic carbocycles. The predicted molar refractivity (Wildman–Crippen MR) is 98.9 cm³/mol. The summed E-state index contributed by atoms with van der Waals surface area (Å²) in [7, 11) is 1.59. The van der Waals surface area contributed by atoms with E-state index in [0.29, 0.717) is 25.3 Å². The van der Waals surface area contributed by atoms with Gasteiger partial charge in [-0.25, -0.2) is 4.79 Å². The third-order valence-corrected chi connectivity index (χ3v) is 3.48. The van der Waals surface area contributed by atoms with Crippen LogP contribution in [-0.2, 0) is 16.0 Å². The number of amides is 3. The average molecular weight is 341 g/mol. The maximum atomic E-state index is 12.0. The van der Waals surface area contributed by atoms with Crippen molar-refractivity contribution >= 4 is 23.3 Å². The highest BCUT2D eigenvalue weighted by Gasteiger charge is 2.05. The molecule has 25 heavy (non-hydrogen) atoms. The first-order chi connectivity index (χ1) is 12.1. The van der Waals surface area contributed by atoms with Gasteiger partial charge in [0.1, 0.15) is 0 Å². The van der Waals surface area contributed by atoms with E-state index in [4.69, 9.17) is 4.74 Å². The lowest BCUT2D eigenvalue weighted by atomic mass is 10.1. The molecule has 0 aromatic heterocycles. The van der Waals surface area contributed by atoms with E-state index in [0.717, 1.165) is 16.8 Å². The zero-order valence-electron chi connectivity index (χ0n) is 14.5. The Morgan fingerprint density at radius 1 is 1.00 bits per heavy atom. The summed E-state index contributed by atoms with van der Waals surface area (Å²) in [4.78, 5) is 23.7. The van der Waals surface area contributed by atoms with E-state index in [1.54, 1.807) is 19.2 Å². The topological polar surface area (TPSA) is 79.5 Å². The van der Waals surface area contributed by atoms with Gasteiger partial charge in [0.05, 0.1) is 13.0 Å². The van der Waals surface area contributed by atoms with Crippen molar-refractivity contribution in [2.45, 2.75) is 13.3 Å². The second-order valence-corrected chi connectivity index (χ2v) is 5.67. The molecule has 0 atom stereocenters. The summed E-state index contributed by atoms with van der Waals surface area (Å²) in [5.74, 6) is -0.0602. The molecule has 2 rings (SSSR count). The molecule has 0 aliphatic rings. The van der Waals surface area contributed by atoms with Gasteiger partial charge in [-0.15, -0.1) is 0 Å². The fourth-order valence-corrected chi connectivity index (χ4v) is 2.26. The number of ether oxygens (including phenoxy) is 1. The van der Waals surface area contributed by atoms with Gasteiger partial charge < -0.3 is 20.7 Å². The summed E-state index contributed by atoms with van der Waals surface area (Å²) in [6.45, 7) is 2.95. The molecule has 132 valence electrons. The standard InChI is InChI=1S/C19H23N3O3/c1-14-4-3-5-17(12-14)22-19(24)21-16-8-6-15(7-9-16)13-18(23)20-10-11-25-2/h3-9,12H,10-11,13H2,1-2H3,(H,20,23)(H2,21,22,24). The minimum Gasteiger partial charge on any atom is -0.383 e. The lowest BCUT2D eigenvalue weighted by Crippen LogP contribution is -2.28. The Morgan fingerprint density at radius 3 is 2.40 bits per heavy atom. The molecule has 0 heterocycles. The second-order valence-electron chi connectivity index (χ2n) is 5.67. The molecule has 0 aliphatic carbocycles. The average Bonchev–Trinajstić information content (AvgIpc) is 2.57. The highest BCUT2D eigenvalue weighted by Crippen LogP contribution is 2.13. The number of hydrogen-bond donors (Lipinski definition) is 3. The number of methoxy groups -OCH3 is 1. The van der Waals surface area contributed by atoms with E-state index in [-0.39, 0.29) is 11.9 Å². The third kappa shape index (κ3) is 6.64. The van der Waals surface area contributed by atoms with Gasteiger partial charge >= 0.3 is 6.03 Å². The zero-order chi connectivity index (χ0) is 18.1. The number of carbonyl (C=O) groups excluding carboxylic acids is 2. The van der Waals surface area contributed by atoms with Crippen LogP contribution in [0.2, 0.25) is 0 Å². The van der Waals surface area contributed by atoms with Gasteiger partial charge in [0.2, 0.25) is 5.91 Å². The second kappa shape index (κ2) is 9.44. The smallest absolute Gasteiger partial charge is 0.323 e. The molecule has 0 radical (unpaired) electrons. The Kier molecular flexibility index (Phi) is 6.98. The van der Waals surface area contributed by atoms with Crippen molar-refractivity contribution in [3.8, 4) is 0 Å². The summed E-state index contributed by atoms with van der Waals surface area (Å²) < 4.78 is 4.88. The first-order valence-electron chi connectivity index (χ1n) is 8.06.